The van der Waals surface area contributed by atoms with E-state index in [4.69, 9.17) is 21.0 Å². The van der Waals surface area contributed by atoms with Gasteiger partial charge in [0.05, 0.1) is 22.3 Å². The van der Waals surface area contributed by atoms with Crippen LogP contribution in [0, 0.1) is 45.3 Å². The first kappa shape index (κ1) is 9.86. The molecular weight excluding hydrogens is 224 g/mol. The molecule has 0 N–H and O–H groups in total. The molecule has 0 aliphatic heterocycles. The summed E-state index contributed by atoms with van der Waals surface area (Å²) >= 11 is 0. The van der Waals surface area contributed by atoms with Gasteiger partial charge in [0.15, 0.2) is 0 Å². The van der Waals surface area contributed by atoms with Crippen molar-refractivity contribution in [1.29, 1.82) is 21.0 Å². The molecule has 0 bridgehead atoms. The molecule has 18 heavy (non-hydrogen) atoms. The molecule has 0 amide bonds. The Morgan fingerprint density at radius 2 is 0.722 bits per heavy atom. The number of benzene rings is 1. The molecule has 4 nitrogen and oxygen atoms in total. The summed E-state index contributed by atoms with van der Waals surface area (Å²) in [5.41, 5.74) is 1.44. The molecule has 0 atom stereocenters. The molecule has 0 saturated carbocycles. The predicted molar refractivity (Wildman–Crippen MR) is 62.7 cm³/mol. The Morgan fingerprint density at radius 3 is 0.889 bits per heavy atom. The fraction of sp³-hybridized carbons (Fsp3) is 0. The van der Waals surface area contributed by atoms with Crippen LogP contribution >= 0.6 is 0 Å². The van der Waals surface area contributed by atoms with E-state index in [0.717, 1.165) is 0 Å². The van der Waals surface area contributed by atoms with E-state index in [1.807, 2.05) is 24.3 Å². The quantitative estimate of drug-likeness (QED) is 0.587. The van der Waals surface area contributed by atoms with Gasteiger partial charge in [-0.05, 0) is 12.1 Å². The first-order valence-electron chi connectivity index (χ1n) is 5.05. The van der Waals surface area contributed by atoms with E-state index in [1.54, 1.807) is 12.1 Å². The van der Waals surface area contributed by atoms with Crippen molar-refractivity contribution < 1.29 is 0 Å². The zero-order valence-electron chi connectivity index (χ0n) is 8.94. The number of nitrogens with zero attached hydrogens (tertiary/aromatic N) is 4. The second-order valence-corrected chi connectivity index (χ2v) is 3.89. The van der Waals surface area contributed by atoms with Crippen molar-refractivity contribution in [2.45, 2.75) is 0 Å². The maximum atomic E-state index is 8.95. The van der Waals surface area contributed by atoms with Crippen LogP contribution < -0.4 is 0 Å². The zero-order chi connectivity index (χ0) is 12.9. The summed E-state index contributed by atoms with van der Waals surface area (Å²) in [7, 11) is 0. The largest absolute Gasteiger partial charge is 0.192 e. The zero-order valence-corrected chi connectivity index (χ0v) is 8.94. The van der Waals surface area contributed by atoms with E-state index in [9.17, 15) is 0 Å². The van der Waals surface area contributed by atoms with Gasteiger partial charge in [-0.3, -0.25) is 0 Å². The lowest BCUT2D eigenvalue weighted by Crippen LogP contribution is -2.00. The lowest BCUT2D eigenvalue weighted by molar-refractivity contribution is 1.44. The number of nitriles is 4. The summed E-state index contributed by atoms with van der Waals surface area (Å²) in [6.07, 6.45) is 0. The Balaban J connectivity index is 2.43. The van der Waals surface area contributed by atoms with Gasteiger partial charge >= 0.3 is 0 Å². The molecule has 3 aromatic carbocycles. The minimum Gasteiger partial charge on any atom is -0.192 e. The minimum absolute atomic E-state index is 0.359. The molecule has 3 aromatic rings. The van der Waals surface area contributed by atoms with Crippen molar-refractivity contribution in [1.82, 2.24) is 0 Å². The fourth-order valence-corrected chi connectivity index (χ4v) is 2.31. The van der Waals surface area contributed by atoms with Gasteiger partial charge < -0.3 is 0 Å². The van der Waals surface area contributed by atoms with Crippen LogP contribution in [0.1, 0.15) is 22.3 Å². The smallest absolute Gasteiger partial charge is 0.101 e. The van der Waals surface area contributed by atoms with Gasteiger partial charge in [0, 0.05) is 21.5 Å². The topological polar surface area (TPSA) is 95.2 Å². The summed E-state index contributed by atoms with van der Waals surface area (Å²) in [5, 5.41) is 38.6. The van der Waals surface area contributed by atoms with Crippen LogP contribution in [0.2, 0.25) is 0 Å². The van der Waals surface area contributed by atoms with Gasteiger partial charge in [-0.15, -0.1) is 0 Å². The van der Waals surface area contributed by atoms with Gasteiger partial charge in [0.2, 0.25) is 0 Å². The van der Waals surface area contributed by atoms with E-state index in [2.05, 4.69) is 0 Å². The minimum atomic E-state index is 0.359. The third-order valence-corrected chi connectivity index (χ3v) is 3.18. The van der Waals surface area contributed by atoms with Crippen molar-refractivity contribution >= 4 is 21.5 Å². The molecule has 0 aliphatic rings. The fourth-order valence-electron chi connectivity index (χ4n) is 2.31. The summed E-state index contributed by atoms with van der Waals surface area (Å²) in [6.45, 7) is 0. The molecule has 0 fully saturated rings. The van der Waals surface area contributed by atoms with Gasteiger partial charge in [-0.1, -0.05) is 0 Å². The van der Waals surface area contributed by atoms with Gasteiger partial charge in [-0.25, -0.2) is 0 Å². The first-order valence-corrected chi connectivity index (χ1v) is 5.05. The van der Waals surface area contributed by atoms with Crippen LogP contribution in [0.5, 0.6) is 0 Å². The first-order chi connectivity index (χ1) is 8.76. The highest BCUT2D eigenvalue weighted by Crippen LogP contribution is 2.40. The third kappa shape index (κ3) is 0.863. The molecular formula is C14H2N4. The second kappa shape index (κ2) is 3.08. The normalized spacial score (nSPS) is 10.0. The maximum Gasteiger partial charge on any atom is 0.101 e. The SMILES string of the molecule is N#Cc1c(C#N)c2cc3c(C#N)c(C#N)c3cc12. The predicted octanol–water partition coefficient (Wildman–Crippen LogP) is 2.36. The van der Waals surface area contributed by atoms with E-state index in [-0.39, 0.29) is 0 Å². The number of hydrogen-bond donors (Lipinski definition) is 0. The number of fused-ring (bicyclic) bond motifs is 2. The van der Waals surface area contributed by atoms with Crippen molar-refractivity contribution in [3.63, 3.8) is 0 Å². The molecule has 4 heteroatoms. The molecule has 0 aromatic heterocycles. The van der Waals surface area contributed by atoms with Gasteiger partial charge in [0.25, 0.3) is 0 Å². The standard InChI is InChI=1S/C14H2N4/c15-3-11-7-1-8-10(2-9(7)13(11)5-17)14(6-18)12(8)4-16/h1-2H. The van der Waals surface area contributed by atoms with Crippen LogP contribution in [0.25, 0.3) is 21.5 Å². The van der Waals surface area contributed by atoms with Crippen LogP contribution in [-0.2, 0) is 0 Å². The average molecular weight is 226 g/mol. The maximum absolute atomic E-state index is 8.95. The Hall–Kier alpha value is -3.34. The summed E-state index contributed by atoms with van der Waals surface area (Å²) in [5.74, 6) is 0. The summed E-state index contributed by atoms with van der Waals surface area (Å²) < 4.78 is 0. The Morgan fingerprint density at radius 1 is 0.500 bits per heavy atom. The number of rotatable bonds is 0. The van der Waals surface area contributed by atoms with E-state index in [1.165, 1.54) is 0 Å². The molecule has 78 valence electrons. The van der Waals surface area contributed by atoms with Gasteiger partial charge in [-0.2, -0.15) is 21.0 Å². The van der Waals surface area contributed by atoms with Crippen LogP contribution in [0.4, 0.5) is 0 Å². The van der Waals surface area contributed by atoms with Crippen LogP contribution in [-0.4, -0.2) is 0 Å². The Labute approximate surface area is 102 Å². The highest BCUT2D eigenvalue weighted by Gasteiger charge is 2.23. The average Bonchev–Trinajstić information content (AvgIpc) is 2.35. The lowest BCUT2D eigenvalue weighted by Gasteiger charge is -2.15. The van der Waals surface area contributed by atoms with Crippen molar-refractivity contribution in [2.75, 3.05) is 0 Å². The molecule has 0 heterocycles. The second-order valence-electron chi connectivity index (χ2n) is 3.89. The van der Waals surface area contributed by atoms with E-state index < -0.39 is 0 Å². The van der Waals surface area contributed by atoms with Crippen molar-refractivity contribution in [3.8, 4) is 24.3 Å². The highest BCUT2D eigenvalue weighted by molar-refractivity contribution is 6.14. The summed E-state index contributed by atoms with van der Waals surface area (Å²) in [6, 6.07) is 11.3. The molecule has 0 spiro atoms. The lowest BCUT2D eigenvalue weighted by atomic mass is 9.83. The van der Waals surface area contributed by atoms with Crippen molar-refractivity contribution in [2.24, 2.45) is 0 Å². The molecule has 3 rings (SSSR count). The molecule has 0 aliphatic carbocycles. The summed E-state index contributed by atoms with van der Waals surface area (Å²) in [4.78, 5) is 0. The third-order valence-electron chi connectivity index (χ3n) is 3.18. The molecule has 0 saturated heterocycles. The van der Waals surface area contributed by atoms with E-state index in [0.29, 0.717) is 43.8 Å². The van der Waals surface area contributed by atoms with Crippen molar-refractivity contribution in [3.05, 3.63) is 34.4 Å². The highest BCUT2D eigenvalue weighted by atomic mass is 14.3. The number of hydrogen-bond acceptors (Lipinski definition) is 4. The van der Waals surface area contributed by atoms with E-state index >= 15 is 0 Å². The van der Waals surface area contributed by atoms with Crippen LogP contribution in [0.3, 0.4) is 0 Å². The Bertz CT molecular complexity index is 799. The molecule has 0 radical (unpaired) electrons. The Kier molecular flexibility index (Phi) is 1.69. The van der Waals surface area contributed by atoms with Gasteiger partial charge in [0.1, 0.15) is 24.3 Å². The molecule has 0 unspecified atom stereocenters. The van der Waals surface area contributed by atoms with Crippen LogP contribution in [0.15, 0.2) is 12.1 Å². The monoisotopic (exact) mass is 226 g/mol.